The summed E-state index contributed by atoms with van der Waals surface area (Å²) in [6, 6.07) is 28.1. The molecule has 0 unspecified atom stereocenters. The summed E-state index contributed by atoms with van der Waals surface area (Å²) in [5.74, 6) is 0.360. The number of hydrogen-bond acceptors (Lipinski definition) is 2. The van der Waals surface area contributed by atoms with Gasteiger partial charge in [0.15, 0.2) is 5.78 Å². The van der Waals surface area contributed by atoms with Gasteiger partial charge in [-0.05, 0) is 48.5 Å². The molecule has 0 spiro atoms. The Morgan fingerprint density at radius 2 is 1.19 bits per heavy atom. The number of hydrogen-bond donors (Lipinski definition) is 0. The van der Waals surface area contributed by atoms with Gasteiger partial charge in [0.2, 0.25) is 0 Å². The third-order valence-corrected chi connectivity index (χ3v) is 5.03. The lowest BCUT2D eigenvalue weighted by Gasteiger charge is -2.26. The number of nitrogens with zero attached hydrogens (tertiary/aromatic N) is 1. The molecule has 0 aliphatic carbocycles. The topological polar surface area (TPSA) is 20.3 Å². The van der Waals surface area contributed by atoms with Crippen molar-refractivity contribution in [1.82, 2.24) is 0 Å². The van der Waals surface area contributed by atoms with Gasteiger partial charge in [0.05, 0.1) is 0 Å². The second kappa shape index (κ2) is 7.76. The minimum Gasteiger partial charge on any atom is -0.311 e. The van der Waals surface area contributed by atoms with Crippen LogP contribution in [0.4, 0.5) is 17.1 Å². The summed E-state index contributed by atoms with van der Waals surface area (Å²) in [7, 11) is 0. The molecular weight excluding hydrogens is 342 g/mol. The van der Waals surface area contributed by atoms with Crippen LogP contribution in [0.1, 0.15) is 24.2 Å². The van der Waals surface area contributed by atoms with Gasteiger partial charge in [-0.3, -0.25) is 4.79 Å². The second-order valence-corrected chi connectivity index (χ2v) is 7.17. The van der Waals surface area contributed by atoms with E-state index in [4.69, 9.17) is 11.6 Å². The molecule has 3 aromatic carbocycles. The van der Waals surface area contributed by atoms with Crippen molar-refractivity contribution in [2.75, 3.05) is 10.8 Å². The van der Waals surface area contributed by atoms with Crippen molar-refractivity contribution in [3.63, 3.8) is 0 Å². The van der Waals surface area contributed by atoms with E-state index in [0.717, 1.165) is 17.1 Å². The first kappa shape index (κ1) is 18.2. The molecule has 0 fully saturated rings. The van der Waals surface area contributed by atoms with Gasteiger partial charge in [-0.2, -0.15) is 0 Å². The van der Waals surface area contributed by atoms with E-state index < -0.39 is 5.41 Å². The number of benzene rings is 3. The fourth-order valence-corrected chi connectivity index (χ4v) is 2.94. The third kappa shape index (κ3) is 3.81. The summed E-state index contributed by atoms with van der Waals surface area (Å²) in [5, 5.41) is 0. The van der Waals surface area contributed by atoms with Crippen LogP contribution in [-0.4, -0.2) is 11.7 Å². The number of alkyl halides is 1. The lowest BCUT2D eigenvalue weighted by atomic mass is 9.86. The van der Waals surface area contributed by atoms with E-state index in [1.807, 2.05) is 74.5 Å². The fraction of sp³-hybridized carbons (Fsp3) is 0.174. The van der Waals surface area contributed by atoms with Crippen molar-refractivity contribution in [2.45, 2.75) is 13.8 Å². The standard InChI is InChI=1S/C23H22ClNO/c1-23(2,17-24)22(26)18-13-15-21(16-14-18)25(19-9-5-3-6-10-19)20-11-7-4-8-12-20/h3-16H,17H2,1-2H3. The molecule has 0 saturated carbocycles. The number of rotatable bonds is 6. The second-order valence-electron chi connectivity index (χ2n) is 6.90. The van der Waals surface area contributed by atoms with E-state index in [1.54, 1.807) is 0 Å². The Balaban J connectivity index is 2.00. The lowest BCUT2D eigenvalue weighted by Crippen LogP contribution is -2.26. The quantitative estimate of drug-likeness (QED) is 0.363. The normalized spacial score (nSPS) is 11.2. The van der Waals surface area contributed by atoms with Gasteiger partial charge in [-0.1, -0.05) is 50.2 Å². The maximum Gasteiger partial charge on any atom is 0.169 e. The number of halogens is 1. The van der Waals surface area contributed by atoms with Crippen LogP contribution in [0.3, 0.4) is 0 Å². The first-order valence-electron chi connectivity index (χ1n) is 8.64. The van der Waals surface area contributed by atoms with Gasteiger partial charge in [0, 0.05) is 33.9 Å². The summed E-state index contributed by atoms with van der Waals surface area (Å²) in [6.45, 7) is 3.74. The number of carbonyl (C=O) groups is 1. The van der Waals surface area contributed by atoms with Gasteiger partial charge in [0.1, 0.15) is 0 Å². The van der Waals surface area contributed by atoms with Crippen molar-refractivity contribution in [3.05, 3.63) is 90.5 Å². The molecule has 3 rings (SSSR count). The summed E-state index contributed by atoms with van der Waals surface area (Å²) < 4.78 is 0. The number of anilines is 3. The number of ketones is 1. The minimum absolute atomic E-state index is 0.0602. The number of para-hydroxylation sites is 2. The van der Waals surface area contributed by atoms with E-state index >= 15 is 0 Å². The molecule has 3 aromatic rings. The molecule has 2 nitrogen and oxygen atoms in total. The monoisotopic (exact) mass is 363 g/mol. The zero-order valence-electron chi connectivity index (χ0n) is 15.0. The van der Waals surface area contributed by atoms with Crippen molar-refractivity contribution < 1.29 is 4.79 Å². The predicted molar refractivity (Wildman–Crippen MR) is 110 cm³/mol. The Morgan fingerprint density at radius 3 is 1.62 bits per heavy atom. The van der Waals surface area contributed by atoms with Crippen LogP contribution in [0.15, 0.2) is 84.9 Å². The van der Waals surface area contributed by atoms with E-state index in [2.05, 4.69) is 29.2 Å². The predicted octanol–water partition coefficient (Wildman–Crippen LogP) is 6.60. The molecule has 0 amide bonds. The van der Waals surface area contributed by atoms with Crippen molar-refractivity contribution >= 4 is 34.4 Å². The summed E-state index contributed by atoms with van der Waals surface area (Å²) in [6.07, 6.45) is 0. The van der Waals surface area contributed by atoms with Gasteiger partial charge >= 0.3 is 0 Å². The molecule has 0 aliphatic heterocycles. The Kier molecular flexibility index (Phi) is 5.43. The molecule has 132 valence electrons. The largest absolute Gasteiger partial charge is 0.311 e. The fourth-order valence-electron chi connectivity index (χ4n) is 2.81. The summed E-state index contributed by atoms with van der Waals surface area (Å²) >= 11 is 5.95. The van der Waals surface area contributed by atoms with Crippen molar-refractivity contribution in [1.29, 1.82) is 0 Å². The average molecular weight is 364 g/mol. The molecule has 0 heterocycles. The van der Waals surface area contributed by atoms with E-state index in [0.29, 0.717) is 11.4 Å². The highest BCUT2D eigenvalue weighted by Crippen LogP contribution is 2.34. The van der Waals surface area contributed by atoms with Gasteiger partial charge in [0.25, 0.3) is 0 Å². The van der Waals surface area contributed by atoms with E-state index in [1.165, 1.54) is 0 Å². The Labute approximate surface area is 160 Å². The zero-order valence-corrected chi connectivity index (χ0v) is 15.8. The van der Waals surface area contributed by atoms with Crippen LogP contribution in [-0.2, 0) is 0 Å². The highest BCUT2D eigenvalue weighted by atomic mass is 35.5. The minimum atomic E-state index is -0.568. The van der Waals surface area contributed by atoms with Crippen LogP contribution in [0.5, 0.6) is 0 Å². The Bertz CT molecular complexity index is 818. The highest BCUT2D eigenvalue weighted by molar-refractivity contribution is 6.21. The van der Waals surface area contributed by atoms with Crippen molar-refractivity contribution in [2.24, 2.45) is 5.41 Å². The average Bonchev–Trinajstić information content (AvgIpc) is 2.70. The molecule has 0 radical (unpaired) electrons. The molecule has 0 saturated heterocycles. The molecule has 0 aliphatic rings. The SMILES string of the molecule is CC(C)(CCl)C(=O)c1ccc(N(c2ccccc2)c2ccccc2)cc1. The van der Waals surface area contributed by atoms with Crippen LogP contribution >= 0.6 is 11.6 Å². The van der Waals surface area contributed by atoms with E-state index in [-0.39, 0.29) is 5.78 Å². The molecule has 0 atom stereocenters. The third-order valence-electron chi connectivity index (χ3n) is 4.37. The first-order chi connectivity index (χ1) is 12.5. The summed E-state index contributed by atoms with van der Waals surface area (Å²) in [4.78, 5) is 14.8. The van der Waals surface area contributed by atoms with Crippen LogP contribution in [0, 0.1) is 5.41 Å². The molecule has 0 bridgehead atoms. The molecule has 3 heteroatoms. The first-order valence-corrected chi connectivity index (χ1v) is 9.17. The van der Waals surface area contributed by atoms with Gasteiger partial charge in [-0.15, -0.1) is 11.6 Å². The molecule has 0 aromatic heterocycles. The van der Waals surface area contributed by atoms with E-state index in [9.17, 15) is 4.79 Å². The molecular formula is C23H22ClNO. The number of carbonyl (C=O) groups excluding carboxylic acids is 1. The maximum absolute atomic E-state index is 12.6. The smallest absolute Gasteiger partial charge is 0.169 e. The summed E-state index contributed by atoms with van der Waals surface area (Å²) in [5.41, 5.74) is 3.25. The maximum atomic E-state index is 12.6. The van der Waals surface area contributed by atoms with Gasteiger partial charge in [-0.25, -0.2) is 0 Å². The van der Waals surface area contributed by atoms with Gasteiger partial charge < -0.3 is 4.90 Å². The molecule has 26 heavy (non-hydrogen) atoms. The number of Topliss-reactive ketones (excluding diaryl/α,β-unsaturated/α-hetero) is 1. The Morgan fingerprint density at radius 1 is 0.769 bits per heavy atom. The Hall–Kier alpha value is -2.58. The van der Waals surface area contributed by atoms with Crippen molar-refractivity contribution in [3.8, 4) is 0 Å². The lowest BCUT2D eigenvalue weighted by molar-refractivity contribution is 0.0862. The highest BCUT2D eigenvalue weighted by Gasteiger charge is 2.27. The van der Waals surface area contributed by atoms with Crippen LogP contribution in [0.2, 0.25) is 0 Å². The van der Waals surface area contributed by atoms with Crippen LogP contribution < -0.4 is 4.90 Å². The molecule has 0 N–H and O–H groups in total. The zero-order chi connectivity index (χ0) is 18.6. The van der Waals surface area contributed by atoms with Crippen LogP contribution in [0.25, 0.3) is 0 Å².